The highest BCUT2D eigenvalue weighted by molar-refractivity contribution is 7.99. The van der Waals surface area contributed by atoms with E-state index in [1.54, 1.807) is 12.1 Å². The summed E-state index contributed by atoms with van der Waals surface area (Å²) in [5, 5.41) is 7.34. The standard InChI is InChI=1S/C21H25FN4OS/c22-18-3-1-14(2-4-18)11-26(19(27)12-28-20-23-13-24-25-20)21-8-15-5-16(9-21)7-17(6-15)10-21/h1-4,13,15-17H,5-12H2,(H,23,24,25). The van der Waals surface area contributed by atoms with Crippen LogP contribution in [0.25, 0.3) is 0 Å². The third-order valence-electron chi connectivity index (χ3n) is 6.86. The lowest BCUT2D eigenvalue weighted by molar-refractivity contribution is -0.149. The summed E-state index contributed by atoms with van der Waals surface area (Å²) in [5.74, 6) is 2.54. The quantitative estimate of drug-likeness (QED) is 0.744. The van der Waals surface area contributed by atoms with E-state index in [1.807, 2.05) is 0 Å². The zero-order valence-electron chi connectivity index (χ0n) is 15.8. The minimum atomic E-state index is -0.239. The molecule has 4 fully saturated rings. The van der Waals surface area contributed by atoms with Crippen LogP contribution >= 0.6 is 11.8 Å². The largest absolute Gasteiger partial charge is 0.332 e. The van der Waals surface area contributed by atoms with Crippen LogP contribution in [0.5, 0.6) is 0 Å². The van der Waals surface area contributed by atoms with E-state index >= 15 is 0 Å². The molecule has 148 valence electrons. The molecule has 0 aliphatic heterocycles. The molecule has 5 nitrogen and oxygen atoms in total. The maximum atomic E-state index is 13.4. The van der Waals surface area contributed by atoms with Gasteiger partial charge in [0.15, 0.2) is 5.16 Å². The Morgan fingerprint density at radius 3 is 2.36 bits per heavy atom. The number of H-pyrrole nitrogens is 1. The molecular weight excluding hydrogens is 375 g/mol. The fraction of sp³-hybridized carbons (Fsp3) is 0.571. The number of hydrogen-bond acceptors (Lipinski definition) is 4. The summed E-state index contributed by atoms with van der Waals surface area (Å²) < 4.78 is 13.4. The molecule has 0 unspecified atom stereocenters. The van der Waals surface area contributed by atoms with E-state index in [-0.39, 0.29) is 17.3 Å². The smallest absolute Gasteiger partial charge is 0.233 e. The average molecular weight is 401 g/mol. The van der Waals surface area contributed by atoms with E-state index in [1.165, 1.54) is 49.5 Å². The first-order valence-corrected chi connectivity index (χ1v) is 11.1. The number of aromatic amines is 1. The maximum absolute atomic E-state index is 13.4. The van der Waals surface area contributed by atoms with Gasteiger partial charge in [-0.25, -0.2) is 9.37 Å². The molecule has 4 saturated carbocycles. The number of rotatable bonds is 6. The summed E-state index contributed by atoms with van der Waals surface area (Å²) in [6, 6.07) is 6.58. The molecule has 1 heterocycles. The molecule has 1 aromatic heterocycles. The molecule has 0 spiro atoms. The molecular formula is C21H25FN4OS. The molecule has 7 heteroatoms. The first kappa shape index (κ1) is 18.2. The number of thioether (sulfide) groups is 1. The molecule has 4 aliphatic carbocycles. The van der Waals surface area contributed by atoms with Gasteiger partial charge in [0.2, 0.25) is 5.91 Å². The third-order valence-corrected chi connectivity index (χ3v) is 7.72. The molecule has 4 bridgehead atoms. The van der Waals surface area contributed by atoms with E-state index in [0.717, 1.165) is 42.6 Å². The number of carbonyl (C=O) groups is 1. The maximum Gasteiger partial charge on any atom is 0.233 e. The van der Waals surface area contributed by atoms with E-state index in [9.17, 15) is 9.18 Å². The van der Waals surface area contributed by atoms with Crippen LogP contribution in [0, 0.1) is 23.6 Å². The highest BCUT2D eigenvalue weighted by Crippen LogP contribution is 2.58. The molecule has 0 saturated heterocycles. The highest BCUT2D eigenvalue weighted by Gasteiger charge is 2.54. The van der Waals surface area contributed by atoms with Crippen molar-refractivity contribution in [3.05, 3.63) is 42.0 Å². The first-order chi connectivity index (χ1) is 13.6. The van der Waals surface area contributed by atoms with Gasteiger partial charge in [-0.1, -0.05) is 23.9 Å². The average Bonchev–Trinajstić information content (AvgIpc) is 3.18. The van der Waals surface area contributed by atoms with E-state index in [2.05, 4.69) is 20.1 Å². The first-order valence-electron chi connectivity index (χ1n) is 10.1. The van der Waals surface area contributed by atoms with Crippen molar-refractivity contribution in [2.24, 2.45) is 17.8 Å². The highest BCUT2D eigenvalue weighted by atomic mass is 32.2. The number of amides is 1. The van der Waals surface area contributed by atoms with Crippen molar-refractivity contribution >= 4 is 17.7 Å². The predicted octanol–water partition coefficient (Wildman–Crippen LogP) is 4.03. The summed E-state index contributed by atoms with van der Waals surface area (Å²) in [5.41, 5.74) is 0.970. The molecule has 1 amide bonds. The van der Waals surface area contributed by atoms with Gasteiger partial charge in [0.05, 0.1) is 5.75 Å². The lowest BCUT2D eigenvalue weighted by Crippen LogP contribution is -2.61. The van der Waals surface area contributed by atoms with Crippen LogP contribution in [0.4, 0.5) is 4.39 Å². The number of nitrogens with one attached hydrogen (secondary N) is 1. The van der Waals surface area contributed by atoms with Gasteiger partial charge in [-0.2, -0.15) is 5.10 Å². The molecule has 4 aliphatic rings. The lowest BCUT2D eigenvalue weighted by Gasteiger charge is -2.60. The molecule has 6 rings (SSSR count). The molecule has 0 atom stereocenters. The van der Waals surface area contributed by atoms with Gasteiger partial charge in [0.1, 0.15) is 12.1 Å². The SMILES string of the molecule is O=C(CSc1ncn[nH]1)N(Cc1ccc(F)cc1)C12CC3CC(CC(C3)C1)C2. The second kappa shape index (κ2) is 7.17. The Balaban J connectivity index is 1.40. The Labute approximate surface area is 168 Å². The predicted molar refractivity (Wildman–Crippen MR) is 105 cm³/mol. The van der Waals surface area contributed by atoms with Crippen LogP contribution in [0.1, 0.15) is 44.1 Å². The van der Waals surface area contributed by atoms with Crippen LogP contribution < -0.4 is 0 Å². The third kappa shape index (κ3) is 3.45. The summed E-state index contributed by atoms with van der Waals surface area (Å²) in [4.78, 5) is 19.6. The molecule has 1 aromatic carbocycles. The van der Waals surface area contributed by atoms with Crippen LogP contribution in [-0.4, -0.2) is 37.3 Å². The van der Waals surface area contributed by atoms with Crippen molar-refractivity contribution in [3.8, 4) is 0 Å². The minimum absolute atomic E-state index is 0.0256. The lowest BCUT2D eigenvalue weighted by atomic mass is 9.52. The number of halogens is 1. The Bertz CT molecular complexity index is 803. The van der Waals surface area contributed by atoms with E-state index in [4.69, 9.17) is 0 Å². The summed E-state index contributed by atoms with van der Waals surface area (Å²) >= 11 is 1.40. The summed E-state index contributed by atoms with van der Waals surface area (Å²) in [7, 11) is 0. The fourth-order valence-corrected chi connectivity index (χ4v) is 6.82. The summed E-state index contributed by atoms with van der Waals surface area (Å²) in [6.07, 6.45) is 8.85. The molecule has 2 aromatic rings. The van der Waals surface area contributed by atoms with Gasteiger partial charge in [-0.05, 0) is 74.0 Å². The van der Waals surface area contributed by atoms with Crippen LogP contribution in [0.15, 0.2) is 35.7 Å². The topological polar surface area (TPSA) is 61.9 Å². The Hall–Kier alpha value is -1.89. The molecule has 1 N–H and O–H groups in total. The normalized spacial score (nSPS) is 30.5. The van der Waals surface area contributed by atoms with Crippen molar-refractivity contribution in [2.75, 3.05) is 5.75 Å². The Kier molecular flexibility index (Phi) is 4.65. The summed E-state index contributed by atoms with van der Waals surface area (Å²) in [6.45, 7) is 0.558. The van der Waals surface area contributed by atoms with Crippen LogP contribution in [0.3, 0.4) is 0 Å². The number of hydrogen-bond donors (Lipinski definition) is 1. The van der Waals surface area contributed by atoms with Crippen molar-refractivity contribution in [2.45, 2.75) is 55.8 Å². The van der Waals surface area contributed by atoms with Crippen molar-refractivity contribution in [1.82, 2.24) is 20.1 Å². The van der Waals surface area contributed by atoms with Crippen molar-refractivity contribution < 1.29 is 9.18 Å². The second-order valence-electron chi connectivity index (χ2n) is 8.83. The van der Waals surface area contributed by atoms with Gasteiger partial charge < -0.3 is 4.90 Å². The number of carbonyl (C=O) groups excluding carboxylic acids is 1. The zero-order valence-corrected chi connectivity index (χ0v) is 16.6. The number of nitrogens with zero attached hydrogens (tertiary/aromatic N) is 3. The fourth-order valence-electron chi connectivity index (χ4n) is 6.16. The number of benzene rings is 1. The zero-order chi connectivity index (χ0) is 19.1. The Morgan fingerprint density at radius 1 is 1.14 bits per heavy atom. The van der Waals surface area contributed by atoms with E-state index < -0.39 is 0 Å². The van der Waals surface area contributed by atoms with Gasteiger partial charge in [0, 0.05) is 12.1 Å². The van der Waals surface area contributed by atoms with Crippen LogP contribution in [-0.2, 0) is 11.3 Å². The monoisotopic (exact) mass is 400 g/mol. The second-order valence-corrected chi connectivity index (χ2v) is 9.79. The van der Waals surface area contributed by atoms with E-state index in [0.29, 0.717) is 17.5 Å². The van der Waals surface area contributed by atoms with Crippen molar-refractivity contribution in [1.29, 1.82) is 0 Å². The molecule has 0 radical (unpaired) electrons. The van der Waals surface area contributed by atoms with Gasteiger partial charge in [-0.3, -0.25) is 9.89 Å². The minimum Gasteiger partial charge on any atom is -0.332 e. The van der Waals surface area contributed by atoms with Gasteiger partial charge in [-0.15, -0.1) is 0 Å². The van der Waals surface area contributed by atoms with Gasteiger partial charge in [0.25, 0.3) is 0 Å². The Morgan fingerprint density at radius 2 is 1.79 bits per heavy atom. The van der Waals surface area contributed by atoms with Crippen molar-refractivity contribution in [3.63, 3.8) is 0 Å². The molecule has 28 heavy (non-hydrogen) atoms. The van der Waals surface area contributed by atoms with Gasteiger partial charge >= 0.3 is 0 Å². The van der Waals surface area contributed by atoms with Crippen LogP contribution in [0.2, 0.25) is 0 Å². The number of aromatic nitrogens is 3.